The second-order valence-corrected chi connectivity index (χ2v) is 10.8. The average molecular weight is 583 g/mol. The molecule has 0 radical (unpaired) electrons. The Hall–Kier alpha value is -4.39. The fourth-order valence-corrected chi connectivity index (χ4v) is 5.47. The van der Waals surface area contributed by atoms with Crippen LogP contribution < -0.4 is 15.4 Å². The minimum atomic E-state index is -4.80. The monoisotopic (exact) mass is 582 g/mol. The lowest BCUT2D eigenvalue weighted by Gasteiger charge is -2.33. The van der Waals surface area contributed by atoms with Gasteiger partial charge in [-0.3, -0.25) is 14.6 Å². The number of anilines is 2. The van der Waals surface area contributed by atoms with Gasteiger partial charge in [-0.15, -0.1) is 23.4 Å². The maximum absolute atomic E-state index is 12.4. The smallest absolute Gasteiger partial charge is 0.406 e. The fourth-order valence-electron chi connectivity index (χ4n) is 4.58. The van der Waals surface area contributed by atoms with Crippen LogP contribution in [0.2, 0.25) is 0 Å². The summed E-state index contributed by atoms with van der Waals surface area (Å²) in [4.78, 5) is 33.0. The summed E-state index contributed by atoms with van der Waals surface area (Å²) >= 11 is 1.30. The minimum Gasteiger partial charge on any atom is -0.406 e. The van der Waals surface area contributed by atoms with Crippen LogP contribution in [0.5, 0.6) is 5.75 Å². The first-order chi connectivity index (χ1) is 19.7. The second-order valence-electron chi connectivity index (χ2n) is 9.74. The predicted octanol–water partition coefficient (Wildman–Crippen LogP) is 5.33. The van der Waals surface area contributed by atoms with E-state index >= 15 is 0 Å². The summed E-state index contributed by atoms with van der Waals surface area (Å²) in [6, 6.07) is 12.7. The van der Waals surface area contributed by atoms with E-state index in [4.69, 9.17) is 0 Å². The summed E-state index contributed by atoms with van der Waals surface area (Å²) in [6.07, 6.45) is 3.10. The number of benzene rings is 1. The number of hydrogen-bond acceptors (Lipinski definition) is 8. The Balaban J connectivity index is 1.05. The zero-order chi connectivity index (χ0) is 28.8. The quantitative estimate of drug-likeness (QED) is 0.260. The van der Waals surface area contributed by atoms with Gasteiger partial charge in [0.2, 0.25) is 16.9 Å². The highest BCUT2D eigenvalue weighted by Crippen LogP contribution is 2.44. The van der Waals surface area contributed by atoms with Crippen molar-refractivity contribution in [2.24, 2.45) is 5.92 Å². The highest BCUT2D eigenvalue weighted by molar-refractivity contribution is 7.15. The number of carbonyl (C=O) groups is 2. The van der Waals surface area contributed by atoms with Crippen molar-refractivity contribution in [3.63, 3.8) is 0 Å². The molecule has 1 aromatic carbocycles. The Kier molecular flexibility index (Phi) is 8.53. The van der Waals surface area contributed by atoms with Gasteiger partial charge in [-0.2, -0.15) is 0 Å². The summed E-state index contributed by atoms with van der Waals surface area (Å²) in [7, 11) is 0. The van der Waals surface area contributed by atoms with Gasteiger partial charge in [-0.05, 0) is 66.1 Å². The molecule has 4 aromatic rings. The number of pyridine rings is 2. The van der Waals surface area contributed by atoms with Gasteiger partial charge < -0.3 is 15.4 Å². The van der Waals surface area contributed by atoms with Crippen molar-refractivity contribution >= 4 is 34.1 Å². The number of halogens is 3. The van der Waals surface area contributed by atoms with E-state index in [0.717, 1.165) is 35.4 Å². The van der Waals surface area contributed by atoms with E-state index in [1.807, 2.05) is 12.1 Å². The topological polar surface area (TPSA) is 119 Å². The number of hydrogen-bond donors (Lipinski definition) is 2. The number of rotatable bonds is 10. The first-order valence-corrected chi connectivity index (χ1v) is 13.6. The molecule has 1 aliphatic rings. The zero-order valence-corrected chi connectivity index (χ0v) is 22.4. The molecular formula is C28H25F3N6O3S. The molecular weight excluding hydrogens is 557 g/mol. The van der Waals surface area contributed by atoms with Gasteiger partial charge in [0, 0.05) is 24.5 Å². The molecule has 41 heavy (non-hydrogen) atoms. The van der Waals surface area contributed by atoms with Gasteiger partial charge in [-0.1, -0.05) is 35.6 Å². The third-order valence-corrected chi connectivity index (χ3v) is 7.47. The Bertz CT molecular complexity index is 1490. The van der Waals surface area contributed by atoms with Crippen LogP contribution in [0.4, 0.5) is 24.1 Å². The number of aromatic nitrogens is 4. The molecule has 0 aliphatic heterocycles. The maximum Gasteiger partial charge on any atom is 0.573 e. The molecule has 2 N–H and O–H groups in total. The van der Waals surface area contributed by atoms with Crippen LogP contribution in [-0.4, -0.2) is 38.3 Å². The first kappa shape index (κ1) is 28.1. The van der Waals surface area contributed by atoms with E-state index in [0.29, 0.717) is 22.4 Å². The molecule has 0 unspecified atom stereocenters. The van der Waals surface area contributed by atoms with Gasteiger partial charge in [0.15, 0.2) is 0 Å². The average Bonchev–Trinajstić information content (AvgIpc) is 3.34. The van der Waals surface area contributed by atoms with E-state index < -0.39 is 12.3 Å². The van der Waals surface area contributed by atoms with Crippen molar-refractivity contribution in [1.29, 1.82) is 0 Å². The Morgan fingerprint density at radius 3 is 2.44 bits per heavy atom. The maximum atomic E-state index is 12.4. The largest absolute Gasteiger partial charge is 0.573 e. The molecule has 1 aliphatic carbocycles. The Morgan fingerprint density at radius 1 is 0.927 bits per heavy atom. The summed E-state index contributed by atoms with van der Waals surface area (Å²) < 4.78 is 41.2. The molecule has 2 amide bonds. The van der Waals surface area contributed by atoms with Gasteiger partial charge in [0.25, 0.3) is 0 Å². The molecule has 5 rings (SSSR count). The lowest BCUT2D eigenvalue weighted by atomic mass is 9.72. The van der Waals surface area contributed by atoms with Crippen molar-refractivity contribution in [3.05, 3.63) is 88.8 Å². The number of ether oxygens (including phenoxy) is 1. The van der Waals surface area contributed by atoms with Crippen molar-refractivity contribution in [2.75, 3.05) is 10.6 Å². The van der Waals surface area contributed by atoms with Crippen molar-refractivity contribution in [3.8, 4) is 5.75 Å². The van der Waals surface area contributed by atoms with Crippen LogP contribution in [0.1, 0.15) is 40.5 Å². The summed E-state index contributed by atoms with van der Waals surface area (Å²) in [6.45, 7) is 0. The van der Waals surface area contributed by atoms with E-state index in [-0.39, 0.29) is 30.4 Å². The van der Waals surface area contributed by atoms with E-state index in [1.165, 1.54) is 29.5 Å². The molecule has 9 nitrogen and oxygen atoms in total. The lowest BCUT2D eigenvalue weighted by molar-refractivity contribution is -0.274. The molecule has 0 bridgehead atoms. The summed E-state index contributed by atoms with van der Waals surface area (Å²) in [5.41, 5.74) is 2.29. The molecule has 3 aromatic heterocycles. The van der Waals surface area contributed by atoms with Crippen LogP contribution in [-0.2, 0) is 28.9 Å². The van der Waals surface area contributed by atoms with Gasteiger partial charge in [-0.25, -0.2) is 4.98 Å². The molecule has 1 saturated carbocycles. The molecule has 0 saturated heterocycles. The van der Waals surface area contributed by atoms with Gasteiger partial charge >= 0.3 is 6.36 Å². The molecule has 212 valence electrons. The predicted molar refractivity (Wildman–Crippen MR) is 145 cm³/mol. The summed E-state index contributed by atoms with van der Waals surface area (Å²) in [5.74, 6) is 0.264. The first-order valence-electron chi connectivity index (χ1n) is 12.8. The van der Waals surface area contributed by atoms with Crippen molar-refractivity contribution in [1.82, 2.24) is 20.2 Å². The van der Waals surface area contributed by atoms with Crippen molar-refractivity contribution < 1.29 is 27.5 Å². The molecule has 13 heteroatoms. The lowest BCUT2D eigenvalue weighted by Crippen LogP contribution is -2.23. The zero-order valence-electron chi connectivity index (χ0n) is 21.6. The van der Waals surface area contributed by atoms with Crippen LogP contribution in [0.3, 0.4) is 0 Å². The van der Waals surface area contributed by atoms with Crippen LogP contribution in [0.15, 0.2) is 67.1 Å². The normalized spacial score (nSPS) is 16.5. The standard InChI is InChI=1S/C28H25F3N6O3S/c29-28(30,31)40-22-5-1-3-17(12-22)13-25(39)35-27-37-36-26(41-27)21-10-20(11-21)9-19-6-7-23(33-16-19)34-24(38)14-18-4-2-8-32-15-18/h1-8,12,15-16,20-21H,9-11,13-14H2,(H,33,34,38)(H,35,37,39). The third-order valence-electron chi connectivity index (χ3n) is 6.47. The molecule has 0 spiro atoms. The highest BCUT2D eigenvalue weighted by Gasteiger charge is 2.33. The van der Waals surface area contributed by atoms with E-state index in [9.17, 15) is 22.8 Å². The SMILES string of the molecule is O=C(Cc1cccnc1)Nc1ccc(CC2CC(c3nnc(NC(=O)Cc4cccc(OC(F)(F)F)c4)s3)C2)cn1. The second kappa shape index (κ2) is 12.4. The van der Waals surface area contributed by atoms with E-state index in [1.54, 1.807) is 36.8 Å². The Labute approximate surface area is 237 Å². The van der Waals surface area contributed by atoms with Crippen LogP contribution in [0, 0.1) is 5.92 Å². The molecule has 3 heterocycles. The van der Waals surface area contributed by atoms with Gasteiger partial charge in [0.05, 0.1) is 12.8 Å². The number of alkyl halides is 3. The number of nitrogens with one attached hydrogen (secondary N) is 2. The fraction of sp³-hybridized carbons (Fsp3) is 0.286. The summed E-state index contributed by atoms with van der Waals surface area (Å²) in [5, 5.41) is 14.9. The number of carbonyl (C=O) groups excluding carboxylic acids is 2. The van der Waals surface area contributed by atoms with Gasteiger partial charge in [0.1, 0.15) is 16.6 Å². The minimum absolute atomic E-state index is 0.128. The highest BCUT2D eigenvalue weighted by atomic mass is 32.1. The van der Waals surface area contributed by atoms with Crippen LogP contribution >= 0.6 is 11.3 Å². The van der Waals surface area contributed by atoms with Crippen molar-refractivity contribution in [2.45, 2.75) is 44.4 Å². The molecule has 0 atom stereocenters. The number of amides is 2. The van der Waals surface area contributed by atoms with E-state index in [2.05, 4.69) is 35.5 Å². The number of nitrogens with zero attached hydrogens (tertiary/aromatic N) is 4. The Morgan fingerprint density at radius 2 is 1.71 bits per heavy atom. The third kappa shape index (κ3) is 8.30. The van der Waals surface area contributed by atoms with Crippen LogP contribution in [0.25, 0.3) is 0 Å². The molecule has 1 fully saturated rings.